The molecule has 2 atom stereocenters. The first-order valence-electron chi connectivity index (χ1n) is 7.87. The Hall–Kier alpha value is -0.560. The van der Waals surface area contributed by atoms with Crippen LogP contribution in [0, 0.1) is 29.1 Å². The molecule has 0 bridgehead atoms. The zero-order valence-electron chi connectivity index (χ0n) is 15.0. The van der Waals surface area contributed by atoms with Gasteiger partial charge in [0.1, 0.15) is 13.5 Å². The molecule has 0 aromatic rings. The van der Waals surface area contributed by atoms with Crippen LogP contribution in [-0.2, 0) is 9.47 Å². The van der Waals surface area contributed by atoms with E-state index in [-0.39, 0.29) is 16.4 Å². The van der Waals surface area contributed by atoms with Gasteiger partial charge in [-0.1, -0.05) is 26.7 Å². The Morgan fingerprint density at radius 3 is 2.33 bits per heavy atom. The summed E-state index contributed by atoms with van der Waals surface area (Å²) in [5.74, 6) is 3.58. The summed E-state index contributed by atoms with van der Waals surface area (Å²) in [6.45, 7) is 18.0. The molecule has 0 amide bonds. The molecule has 1 aliphatic heterocycles. The minimum Gasteiger partial charge on any atom is -0.350 e. The van der Waals surface area contributed by atoms with Crippen molar-refractivity contribution in [1.82, 2.24) is 4.90 Å². The zero-order chi connectivity index (χ0) is 16.3. The van der Waals surface area contributed by atoms with Crippen molar-refractivity contribution < 1.29 is 9.47 Å². The second-order valence-corrected chi connectivity index (χ2v) is 8.69. The van der Waals surface area contributed by atoms with Crippen LogP contribution in [0.2, 0.25) is 0 Å². The second-order valence-electron chi connectivity index (χ2n) is 8.69. The quantitative estimate of drug-likeness (QED) is 0.448. The van der Waals surface area contributed by atoms with Crippen LogP contribution in [0.4, 0.5) is 0 Å². The number of likely N-dealkylation sites (tertiary alicyclic amines) is 1. The lowest BCUT2D eigenvalue weighted by atomic mass is 9.68. The highest BCUT2D eigenvalue weighted by Crippen LogP contribution is 2.40. The Labute approximate surface area is 131 Å². The maximum absolute atomic E-state index is 5.77. The molecule has 0 aromatic heterocycles. The number of piperidine rings is 1. The van der Waals surface area contributed by atoms with Gasteiger partial charge < -0.3 is 9.47 Å². The molecule has 3 heteroatoms. The van der Waals surface area contributed by atoms with Crippen molar-refractivity contribution in [3.05, 3.63) is 0 Å². The maximum Gasteiger partial charge on any atom is 0.149 e. The zero-order valence-corrected chi connectivity index (χ0v) is 15.0. The molecule has 1 rings (SSSR count). The summed E-state index contributed by atoms with van der Waals surface area (Å²) < 4.78 is 11.3. The van der Waals surface area contributed by atoms with Gasteiger partial charge in [-0.25, -0.2) is 0 Å². The summed E-state index contributed by atoms with van der Waals surface area (Å²) in [7, 11) is 0. The highest BCUT2D eigenvalue weighted by molar-refractivity contribution is 5.08. The summed E-state index contributed by atoms with van der Waals surface area (Å²) in [5, 5.41) is 0. The van der Waals surface area contributed by atoms with Gasteiger partial charge in [0, 0.05) is 18.5 Å². The maximum atomic E-state index is 5.77. The van der Waals surface area contributed by atoms with E-state index in [0.717, 1.165) is 19.5 Å². The molecule has 0 radical (unpaired) electrons. The van der Waals surface area contributed by atoms with E-state index >= 15 is 0 Å². The highest BCUT2D eigenvalue weighted by atomic mass is 16.7. The van der Waals surface area contributed by atoms with Crippen molar-refractivity contribution in [3.8, 4) is 12.3 Å². The topological polar surface area (TPSA) is 21.7 Å². The number of terminal acetylenes is 1. The van der Waals surface area contributed by atoms with Gasteiger partial charge in [0.15, 0.2) is 0 Å². The third-order valence-corrected chi connectivity index (χ3v) is 4.17. The van der Waals surface area contributed by atoms with Crippen LogP contribution in [0.15, 0.2) is 0 Å². The molecule has 1 aliphatic rings. The number of hydrogen-bond acceptors (Lipinski definition) is 3. The largest absolute Gasteiger partial charge is 0.350 e. The van der Waals surface area contributed by atoms with E-state index in [1.54, 1.807) is 0 Å². The number of rotatable bonds is 4. The first-order valence-corrected chi connectivity index (χ1v) is 7.87. The Morgan fingerprint density at radius 2 is 1.86 bits per heavy atom. The average molecular weight is 295 g/mol. The van der Waals surface area contributed by atoms with E-state index < -0.39 is 0 Å². The number of nitrogens with zero attached hydrogens (tertiary/aromatic N) is 1. The van der Waals surface area contributed by atoms with Gasteiger partial charge in [0.2, 0.25) is 0 Å². The van der Waals surface area contributed by atoms with Crippen LogP contribution in [0.25, 0.3) is 0 Å². The first-order chi connectivity index (χ1) is 9.45. The van der Waals surface area contributed by atoms with Crippen LogP contribution < -0.4 is 0 Å². The Balaban J connectivity index is 2.55. The number of ether oxygens (including phenoxy) is 2. The molecule has 0 saturated carbocycles. The van der Waals surface area contributed by atoms with Gasteiger partial charge in [-0.15, -0.1) is 6.42 Å². The second kappa shape index (κ2) is 6.69. The van der Waals surface area contributed by atoms with Crippen LogP contribution >= 0.6 is 0 Å². The van der Waals surface area contributed by atoms with E-state index in [4.69, 9.17) is 15.9 Å². The molecule has 0 aliphatic carbocycles. The van der Waals surface area contributed by atoms with Crippen molar-refractivity contribution in [3.63, 3.8) is 0 Å². The molecule has 1 fully saturated rings. The molecular weight excluding hydrogens is 262 g/mol. The number of hydrogen-bond donors (Lipinski definition) is 0. The molecule has 0 N–H and O–H groups in total. The molecule has 3 nitrogen and oxygen atoms in total. The lowest BCUT2D eigenvalue weighted by molar-refractivity contribution is -0.150. The fraction of sp³-hybridized carbons (Fsp3) is 0.889. The predicted octanol–water partition coefficient (Wildman–Crippen LogP) is 3.74. The molecule has 1 saturated heterocycles. The SMILES string of the molecule is C#C[C@@]1(C)C[C@@H](C(C)(C)C)CN(COCOC(C)(C)C)C1. The third-order valence-electron chi connectivity index (χ3n) is 4.17. The van der Waals surface area contributed by atoms with Gasteiger partial charge in [-0.2, -0.15) is 0 Å². The van der Waals surface area contributed by atoms with Crippen LogP contribution in [0.5, 0.6) is 0 Å². The first kappa shape index (κ1) is 18.5. The molecular formula is C18H33NO2. The minimum atomic E-state index is -0.164. The molecule has 0 unspecified atom stereocenters. The van der Waals surface area contributed by atoms with E-state index in [9.17, 15) is 0 Å². The summed E-state index contributed by atoms with van der Waals surface area (Å²) in [6.07, 6.45) is 6.86. The molecule has 1 heterocycles. The Bertz CT molecular complexity index is 372. The van der Waals surface area contributed by atoms with Gasteiger partial charge in [-0.05, 0) is 45.4 Å². The molecule has 0 aromatic carbocycles. The van der Waals surface area contributed by atoms with Crippen molar-refractivity contribution >= 4 is 0 Å². The van der Waals surface area contributed by atoms with Crippen molar-refractivity contribution in [2.45, 2.75) is 60.5 Å². The predicted molar refractivity (Wildman–Crippen MR) is 87.7 cm³/mol. The van der Waals surface area contributed by atoms with Gasteiger partial charge in [0.05, 0.1) is 5.60 Å². The standard InChI is InChI=1S/C18H33NO2/c1-9-18(8)10-15(16(2,3)4)11-19(12-18)13-20-14-21-17(5,6)7/h1,15H,10-14H2,2-8H3/t15-,18+/m1/s1. The summed E-state index contributed by atoms with van der Waals surface area (Å²) in [4.78, 5) is 2.32. The monoisotopic (exact) mass is 295 g/mol. The molecule has 0 spiro atoms. The average Bonchev–Trinajstić information content (AvgIpc) is 2.32. The van der Waals surface area contributed by atoms with Gasteiger partial charge in [0.25, 0.3) is 0 Å². The van der Waals surface area contributed by atoms with Crippen LogP contribution in [-0.4, -0.2) is 37.1 Å². The van der Waals surface area contributed by atoms with E-state index in [0.29, 0.717) is 19.4 Å². The van der Waals surface area contributed by atoms with E-state index in [1.807, 2.05) is 20.8 Å². The summed E-state index contributed by atoms with van der Waals surface area (Å²) in [6, 6.07) is 0. The van der Waals surface area contributed by atoms with Gasteiger partial charge in [-0.3, -0.25) is 4.90 Å². The molecule has 21 heavy (non-hydrogen) atoms. The van der Waals surface area contributed by atoms with Gasteiger partial charge >= 0.3 is 0 Å². The van der Waals surface area contributed by atoms with E-state index in [2.05, 4.69) is 38.5 Å². The van der Waals surface area contributed by atoms with Crippen LogP contribution in [0.1, 0.15) is 54.9 Å². The fourth-order valence-electron chi connectivity index (χ4n) is 2.71. The summed E-state index contributed by atoms with van der Waals surface area (Å²) >= 11 is 0. The normalized spacial score (nSPS) is 28.4. The van der Waals surface area contributed by atoms with Crippen molar-refractivity contribution in [2.24, 2.45) is 16.7 Å². The third kappa shape index (κ3) is 6.38. The highest BCUT2D eigenvalue weighted by Gasteiger charge is 2.39. The van der Waals surface area contributed by atoms with Crippen molar-refractivity contribution in [1.29, 1.82) is 0 Å². The lowest BCUT2D eigenvalue weighted by Crippen LogP contribution is -2.49. The Kier molecular flexibility index (Phi) is 5.89. The summed E-state index contributed by atoms with van der Waals surface area (Å²) in [5.41, 5.74) is 0.0340. The fourth-order valence-corrected chi connectivity index (χ4v) is 2.71. The smallest absolute Gasteiger partial charge is 0.149 e. The minimum absolute atomic E-state index is 0.0650. The van der Waals surface area contributed by atoms with E-state index in [1.165, 1.54) is 0 Å². The van der Waals surface area contributed by atoms with Crippen LogP contribution in [0.3, 0.4) is 0 Å². The molecule has 122 valence electrons. The van der Waals surface area contributed by atoms with Crippen molar-refractivity contribution in [2.75, 3.05) is 26.6 Å². The lowest BCUT2D eigenvalue weighted by Gasteiger charge is -2.46. The Morgan fingerprint density at radius 1 is 1.24 bits per heavy atom.